The van der Waals surface area contributed by atoms with E-state index in [0.29, 0.717) is 18.7 Å². The number of amides is 2. The second kappa shape index (κ2) is 6.67. The van der Waals surface area contributed by atoms with Crippen molar-refractivity contribution in [2.45, 2.75) is 12.5 Å². The number of hydrazone groups is 1. The number of hydrogen-bond donors (Lipinski definition) is 4. The lowest BCUT2D eigenvalue weighted by Crippen LogP contribution is -2.54. The summed E-state index contributed by atoms with van der Waals surface area (Å²) in [6.07, 6.45) is 1.45. The van der Waals surface area contributed by atoms with Crippen LogP contribution in [-0.2, 0) is 9.59 Å². The van der Waals surface area contributed by atoms with Crippen molar-refractivity contribution in [3.8, 4) is 5.75 Å². The first-order chi connectivity index (χ1) is 9.65. The summed E-state index contributed by atoms with van der Waals surface area (Å²) >= 11 is 0. The molecule has 1 aliphatic heterocycles. The lowest BCUT2D eigenvalue weighted by Gasteiger charge is -2.22. The molecule has 0 aliphatic carbocycles. The molecule has 1 fully saturated rings. The third-order valence-electron chi connectivity index (χ3n) is 2.79. The van der Waals surface area contributed by atoms with Gasteiger partial charge >= 0.3 is 0 Å². The Hall–Kier alpha value is -2.41. The lowest BCUT2D eigenvalue weighted by molar-refractivity contribution is -0.129. The van der Waals surface area contributed by atoms with Crippen molar-refractivity contribution >= 4 is 18.0 Å². The van der Waals surface area contributed by atoms with E-state index in [-0.39, 0.29) is 24.0 Å². The molecule has 0 saturated carbocycles. The van der Waals surface area contributed by atoms with Crippen LogP contribution in [-0.4, -0.2) is 42.3 Å². The molecule has 20 heavy (non-hydrogen) atoms. The van der Waals surface area contributed by atoms with E-state index in [2.05, 4.69) is 21.2 Å². The van der Waals surface area contributed by atoms with Crippen LogP contribution >= 0.6 is 0 Å². The van der Waals surface area contributed by atoms with Crippen LogP contribution in [0.4, 0.5) is 0 Å². The highest BCUT2D eigenvalue weighted by Crippen LogP contribution is 2.08. The quantitative estimate of drug-likeness (QED) is 0.432. The molecule has 0 radical (unpaired) electrons. The molecule has 1 aromatic carbocycles. The Labute approximate surface area is 116 Å². The van der Waals surface area contributed by atoms with Crippen LogP contribution in [0.1, 0.15) is 12.0 Å². The van der Waals surface area contributed by atoms with Gasteiger partial charge in [-0.3, -0.25) is 9.59 Å². The predicted molar refractivity (Wildman–Crippen MR) is 73.3 cm³/mol. The molecular weight excluding hydrogens is 260 g/mol. The third-order valence-corrected chi connectivity index (χ3v) is 2.79. The van der Waals surface area contributed by atoms with Crippen LogP contribution < -0.4 is 16.1 Å². The van der Waals surface area contributed by atoms with Crippen molar-refractivity contribution in [3.05, 3.63) is 29.8 Å². The zero-order valence-corrected chi connectivity index (χ0v) is 10.8. The van der Waals surface area contributed by atoms with E-state index in [9.17, 15) is 14.7 Å². The molecule has 0 spiro atoms. The van der Waals surface area contributed by atoms with Gasteiger partial charge in [0.25, 0.3) is 0 Å². The van der Waals surface area contributed by atoms with Crippen LogP contribution in [0.3, 0.4) is 0 Å². The number of nitrogens with one attached hydrogen (secondary N) is 3. The van der Waals surface area contributed by atoms with Crippen molar-refractivity contribution in [2.24, 2.45) is 5.10 Å². The molecule has 2 rings (SSSR count). The van der Waals surface area contributed by atoms with Crippen molar-refractivity contribution < 1.29 is 14.7 Å². The molecule has 4 N–H and O–H groups in total. The molecule has 1 aromatic rings. The minimum Gasteiger partial charge on any atom is -0.508 e. The van der Waals surface area contributed by atoms with Gasteiger partial charge in [0.1, 0.15) is 5.75 Å². The highest BCUT2D eigenvalue weighted by molar-refractivity contribution is 5.89. The summed E-state index contributed by atoms with van der Waals surface area (Å²) in [5.74, 6) is -0.400. The summed E-state index contributed by atoms with van der Waals surface area (Å²) < 4.78 is 0. The van der Waals surface area contributed by atoms with Crippen molar-refractivity contribution in [1.82, 2.24) is 16.1 Å². The number of aromatic hydroxyl groups is 1. The summed E-state index contributed by atoms with van der Waals surface area (Å²) in [5.41, 5.74) is 3.01. The Morgan fingerprint density at radius 2 is 2.35 bits per heavy atom. The van der Waals surface area contributed by atoms with E-state index >= 15 is 0 Å². The minimum atomic E-state index is -0.514. The number of phenolic OH excluding ortho intramolecular Hbond substituents is 1. The predicted octanol–water partition coefficient (Wildman–Crippen LogP) is -0.680. The van der Waals surface area contributed by atoms with E-state index in [1.54, 1.807) is 18.2 Å². The fourth-order valence-electron chi connectivity index (χ4n) is 1.83. The van der Waals surface area contributed by atoms with Crippen molar-refractivity contribution in [1.29, 1.82) is 0 Å². The van der Waals surface area contributed by atoms with Crippen LogP contribution in [0.2, 0.25) is 0 Å². The standard InChI is InChI=1S/C13H16N4O3/c18-10-3-1-2-9(6-10)8-16-17-12(19)7-11-13(20)15-5-4-14-11/h1-3,6,8,11,14,18H,4-5,7H2,(H,15,20)(H,17,19). The first-order valence-electron chi connectivity index (χ1n) is 6.27. The smallest absolute Gasteiger partial charge is 0.242 e. The molecule has 1 unspecified atom stereocenters. The fourth-order valence-corrected chi connectivity index (χ4v) is 1.83. The number of piperazine rings is 1. The number of benzene rings is 1. The van der Waals surface area contributed by atoms with Gasteiger partial charge in [-0.05, 0) is 17.7 Å². The van der Waals surface area contributed by atoms with Gasteiger partial charge in [0, 0.05) is 13.1 Å². The molecule has 1 saturated heterocycles. The Morgan fingerprint density at radius 3 is 3.10 bits per heavy atom. The van der Waals surface area contributed by atoms with Crippen LogP contribution in [0, 0.1) is 0 Å². The molecule has 1 heterocycles. The molecule has 0 aromatic heterocycles. The summed E-state index contributed by atoms with van der Waals surface area (Å²) in [6.45, 7) is 1.23. The normalized spacial score (nSPS) is 18.8. The van der Waals surface area contributed by atoms with Crippen molar-refractivity contribution in [2.75, 3.05) is 13.1 Å². The molecule has 2 amide bonds. The second-order valence-corrected chi connectivity index (χ2v) is 4.39. The van der Waals surface area contributed by atoms with Gasteiger partial charge in [-0.2, -0.15) is 5.10 Å². The molecule has 106 valence electrons. The first-order valence-corrected chi connectivity index (χ1v) is 6.27. The first kappa shape index (κ1) is 14.0. The van der Waals surface area contributed by atoms with Crippen molar-refractivity contribution in [3.63, 3.8) is 0 Å². The van der Waals surface area contributed by atoms with Gasteiger partial charge in [-0.25, -0.2) is 5.43 Å². The highest BCUT2D eigenvalue weighted by Gasteiger charge is 2.23. The topological polar surface area (TPSA) is 103 Å². The van der Waals surface area contributed by atoms with E-state index in [1.807, 2.05) is 0 Å². The summed E-state index contributed by atoms with van der Waals surface area (Å²) in [5, 5.41) is 18.7. The average molecular weight is 276 g/mol. The maximum absolute atomic E-state index is 11.6. The van der Waals surface area contributed by atoms with Gasteiger partial charge in [0.2, 0.25) is 11.8 Å². The molecule has 0 bridgehead atoms. The molecule has 7 heteroatoms. The average Bonchev–Trinajstić information content (AvgIpc) is 2.41. The maximum atomic E-state index is 11.6. The van der Waals surface area contributed by atoms with Gasteiger partial charge in [-0.15, -0.1) is 0 Å². The fraction of sp³-hybridized carbons (Fsp3) is 0.308. The summed E-state index contributed by atoms with van der Waals surface area (Å²) in [6, 6.07) is 5.97. The van der Waals surface area contributed by atoms with Gasteiger partial charge in [-0.1, -0.05) is 12.1 Å². The van der Waals surface area contributed by atoms with E-state index in [4.69, 9.17) is 0 Å². The van der Waals surface area contributed by atoms with Crippen LogP contribution in [0.5, 0.6) is 5.75 Å². The SMILES string of the molecule is O=C(CC1NCCNC1=O)NN=Cc1cccc(O)c1. The van der Waals surface area contributed by atoms with Gasteiger partial charge in [0.05, 0.1) is 18.7 Å². The second-order valence-electron chi connectivity index (χ2n) is 4.39. The number of carbonyl (C=O) groups is 2. The monoisotopic (exact) mass is 276 g/mol. The number of phenols is 1. The zero-order valence-electron chi connectivity index (χ0n) is 10.8. The lowest BCUT2D eigenvalue weighted by atomic mass is 10.1. The Morgan fingerprint density at radius 1 is 1.50 bits per heavy atom. The number of hydrogen-bond acceptors (Lipinski definition) is 5. The van der Waals surface area contributed by atoms with E-state index in [0.717, 1.165) is 0 Å². The number of nitrogens with zero attached hydrogens (tertiary/aromatic N) is 1. The van der Waals surface area contributed by atoms with Gasteiger partial charge in [0.15, 0.2) is 0 Å². The maximum Gasteiger partial charge on any atom is 0.242 e. The Balaban J connectivity index is 1.81. The largest absolute Gasteiger partial charge is 0.508 e. The third kappa shape index (κ3) is 4.06. The van der Waals surface area contributed by atoms with Crippen LogP contribution in [0.25, 0.3) is 0 Å². The summed E-state index contributed by atoms with van der Waals surface area (Å²) in [4.78, 5) is 23.1. The number of rotatable bonds is 4. The Bertz CT molecular complexity index is 530. The zero-order chi connectivity index (χ0) is 14.4. The minimum absolute atomic E-state index is 0.0310. The van der Waals surface area contributed by atoms with E-state index < -0.39 is 6.04 Å². The number of carbonyl (C=O) groups excluding carboxylic acids is 2. The van der Waals surface area contributed by atoms with Gasteiger partial charge < -0.3 is 15.7 Å². The van der Waals surface area contributed by atoms with E-state index in [1.165, 1.54) is 12.3 Å². The summed E-state index contributed by atoms with van der Waals surface area (Å²) in [7, 11) is 0. The molecular formula is C13H16N4O3. The molecule has 7 nitrogen and oxygen atoms in total. The molecule has 1 aliphatic rings. The highest BCUT2D eigenvalue weighted by atomic mass is 16.3. The molecule has 1 atom stereocenters. The van der Waals surface area contributed by atoms with Crippen LogP contribution in [0.15, 0.2) is 29.4 Å². The Kier molecular flexibility index (Phi) is 4.67.